The van der Waals surface area contributed by atoms with Crippen molar-refractivity contribution in [3.63, 3.8) is 0 Å². The van der Waals surface area contributed by atoms with Gasteiger partial charge in [0, 0.05) is 26.2 Å². The molecule has 0 unspecified atom stereocenters. The molecule has 2 aromatic heterocycles. The largest absolute Gasteiger partial charge is 0.318 e. The molecule has 0 saturated carbocycles. The van der Waals surface area contributed by atoms with E-state index in [1.807, 2.05) is 0 Å². The highest BCUT2D eigenvalue weighted by Crippen LogP contribution is 2.20. The van der Waals surface area contributed by atoms with E-state index >= 15 is 0 Å². The minimum Gasteiger partial charge on any atom is -0.318 e. The number of aryl methyl sites for hydroxylation is 1. The molecule has 3 rings (SSSR count). The van der Waals surface area contributed by atoms with E-state index in [9.17, 15) is 0 Å². The van der Waals surface area contributed by atoms with Gasteiger partial charge in [-0.25, -0.2) is 0 Å². The molecule has 2 heterocycles. The summed E-state index contributed by atoms with van der Waals surface area (Å²) in [5, 5.41) is 12.2. The molecule has 5 nitrogen and oxygen atoms in total. The van der Waals surface area contributed by atoms with Crippen LogP contribution in [0.5, 0.6) is 0 Å². The Morgan fingerprint density at radius 3 is 2.54 bits per heavy atom. The number of halogens is 2. The Balaban J connectivity index is 1.82. The Labute approximate surface area is 158 Å². The SMILES string of the molecule is Cc1cc(/C=N\Nc2ccc(Cl)nn2)c(C)n1-c1ccc(I)cc1. The first kappa shape index (κ1) is 16.9. The summed E-state index contributed by atoms with van der Waals surface area (Å²) in [5.41, 5.74) is 7.31. The Hall–Kier alpha value is -1.93. The number of hydrazone groups is 1. The van der Waals surface area contributed by atoms with Gasteiger partial charge in [0.2, 0.25) is 0 Å². The van der Waals surface area contributed by atoms with Crippen molar-refractivity contribution >= 4 is 46.2 Å². The summed E-state index contributed by atoms with van der Waals surface area (Å²) >= 11 is 8.01. The Morgan fingerprint density at radius 2 is 1.88 bits per heavy atom. The molecule has 0 spiro atoms. The van der Waals surface area contributed by atoms with Crippen LogP contribution < -0.4 is 5.43 Å². The number of benzene rings is 1. The molecule has 0 aliphatic carbocycles. The fraction of sp³-hybridized carbons (Fsp3) is 0.118. The first-order chi connectivity index (χ1) is 11.5. The predicted molar refractivity (Wildman–Crippen MR) is 106 cm³/mol. The van der Waals surface area contributed by atoms with Gasteiger partial charge in [0.05, 0.1) is 6.21 Å². The molecule has 7 heteroatoms. The predicted octanol–water partition coefficient (Wildman–Crippen LogP) is 4.59. The average molecular weight is 452 g/mol. The van der Waals surface area contributed by atoms with Crippen molar-refractivity contribution in [2.24, 2.45) is 5.10 Å². The van der Waals surface area contributed by atoms with Gasteiger partial charge in [-0.15, -0.1) is 10.2 Å². The van der Waals surface area contributed by atoms with Crippen LogP contribution in [0.15, 0.2) is 47.6 Å². The zero-order valence-electron chi connectivity index (χ0n) is 13.2. The van der Waals surface area contributed by atoms with Crippen molar-refractivity contribution in [3.05, 3.63) is 68.1 Å². The van der Waals surface area contributed by atoms with Gasteiger partial charge in [0.1, 0.15) is 0 Å². The van der Waals surface area contributed by atoms with E-state index in [1.165, 1.54) is 3.57 Å². The number of rotatable bonds is 4. The molecular formula is C17H15ClIN5. The molecule has 0 aliphatic rings. The highest BCUT2D eigenvalue weighted by molar-refractivity contribution is 14.1. The number of nitrogens with zero attached hydrogens (tertiary/aromatic N) is 4. The van der Waals surface area contributed by atoms with Gasteiger partial charge in [-0.1, -0.05) is 11.6 Å². The minimum absolute atomic E-state index is 0.352. The summed E-state index contributed by atoms with van der Waals surface area (Å²) in [7, 11) is 0. The van der Waals surface area contributed by atoms with Crippen LogP contribution in [0.25, 0.3) is 5.69 Å². The van der Waals surface area contributed by atoms with Gasteiger partial charge in [-0.2, -0.15) is 5.10 Å². The number of hydrogen-bond acceptors (Lipinski definition) is 4. The van der Waals surface area contributed by atoms with Crippen LogP contribution in [-0.4, -0.2) is 21.0 Å². The van der Waals surface area contributed by atoms with Gasteiger partial charge < -0.3 is 4.57 Å². The summed E-state index contributed by atoms with van der Waals surface area (Å²) in [4.78, 5) is 0. The first-order valence-corrected chi connectivity index (χ1v) is 8.73. The van der Waals surface area contributed by atoms with Crippen molar-refractivity contribution < 1.29 is 0 Å². The zero-order valence-corrected chi connectivity index (χ0v) is 16.1. The Kier molecular flexibility index (Phi) is 5.15. The summed E-state index contributed by atoms with van der Waals surface area (Å²) in [6.45, 7) is 4.16. The molecule has 122 valence electrons. The van der Waals surface area contributed by atoms with Crippen LogP contribution in [0.1, 0.15) is 17.0 Å². The van der Waals surface area contributed by atoms with Crippen molar-refractivity contribution in [2.75, 3.05) is 5.43 Å². The molecule has 24 heavy (non-hydrogen) atoms. The molecule has 0 amide bonds. The molecule has 0 fully saturated rings. The third-order valence-electron chi connectivity index (χ3n) is 3.57. The van der Waals surface area contributed by atoms with Gasteiger partial charge in [0.15, 0.2) is 11.0 Å². The fourth-order valence-corrected chi connectivity index (χ4v) is 2.91. The van der Waals surface area contributed by atoms with Gasteiger partial charge in [0.25, 0.3) is 0 Å². The maximum atomic E-state index is 5.71. The first-order valence-electron chi connectivity index (χ1n) is 7.28. The van der Waals surface area contributed by atoms with Crippen LogP contribution in [0.3, 0.4) is 0 Å². The van der Waals surface area contributed by atoms with Crippen LogP contribution in [0, 0.1) is 17.4 Å². The van der Waals surface area contributed by atoms with Crippen LogP contribution >= 0.6 is 34.2 Å². The molecule has 0 saturated heterocycles. The van der Waals surface area contributed by atoms with Crippen LogP contribution in [0.4, 0.5) is 5.82 Å². The van der Waals surface area contributed by atoms with Crippen molar-refractivity contribution in [2.45, 2.75) is 13.8 Å². The van der Waals surface area contributed by atoms with Crippen LogP contribution in [-0.2, 0) is 0 Å². The molecule has 0 bridgehead atoms. The Bertz CT molecular complexity index is 869. The molecule has 1 aromatic carbocycles. The van der Waals surface area contributed by atoms with E-state index in [4.69, 9.17) is 11.6 Å². The van der Waals surface area contributed by atoms with E-state index in [0.29, 0.717) is 11.0 Å². The second kappa shape index (κ2) is 7.31. The van der Waals surface area contributed by atoms with Gasteiger partial charge in [-0.3, -0.25) is 5.43 Å². The lowest BCUT2D eigenvalue weighted by Gasteiger charge is -2.09. The lowest BCUT2D eigenvalue weighted by Crippen LogP contribution is -2.00. The average Bonchev–Trinajstić information content (AvgIpc) is 2.85. The quantitative estimate of drug-likeness (QED) is 0.359. The van der Waals surface area contributed by atoms with E-state index in [1.54, 1.807) is 18.3 Å². The minimum atomic E-state index is 0.352. The highest BCUT2D eigenvalue weighted by Gasteiger charge is 2.09. The van der Waals surface area contributed by atoms with Crippen molar-refractivity contribution in [1.82, 2.24) is 14.8 Å². The molecule has 0 atom stereocenters. The van der Waals surface area contributed by atoms with E-state index < -0.39 is 0 Å². The van der Waals surface area contributed by atoms with Crippen molar-refractivity contribution in [3.8, 4) is 5.69 Å². The van der Waals surface area contributed by atoms with Gasteiger partial charge >= 0.3 is 0 Å². The number of nitrogens with one attached hydrogen (secondary N) is 1. The summed E-state index contributed by atoms with van der Waals surface area (Å²) in [6.07, 6.45) is 1.78. The second-order valence-electron chi connectivity index (χ2n) is 5.25. The lowest BCUT2D eigenvalue weighted by molar-refractivity contribution is 0.964. The number of anilines is 1. The molecule has 0 radical (unpaired) electrons. The summed E-state index contributed by atoms with van der Waals surface area (Å²) < 4.78 is 3.42. The Morgan fingerprint density at radius 1 is 1.12 bits per heavy atom. The summed E-state index contributed by atoms with van der Waals surface area (Å²) in [5.74, 6) is 0.544. The maximum absolute atomic E-state index is 5.71. The van der Waals surface area contributed by atoms with Crippen LogP contribution in [0.2, 0.25) is 5.15 Å². The third-order valence-corrected chi connectivity index (χ3v) is 4.49. The fourth-order valence-electron chi connectivity index (χ4n) is 2.45. The van der Waals surface area contributed by atoms with E-state index in [-0.39, 0.29) is 0 Å². The standard InChI is InChI=1S/C17H15ClIN5/c1-11-9-13(10-20-22-17-8-7-16(18)21-23-17)12(2)24(11)15-5-3-14(19)4-6-15/h3-10H,1-2H3,(H,22,23)/b20-10-. The normalized spacial score (nSPS) is 11.2. The monoisotopic (exact) mass is 451 g/mol. The third kappa shape index (κ3) is 3.76. The maximum Gasteiger partial charge on any atom is 0.168 e. The highest BCUT2D eigenvalue weighted by atomic mass is 127. The van der Waals surface area contributed by atoms with E-state index in [0.717, 1.165) is 22.6 Å². The van der Waals surface area contributed by atoms with Gasteiger partial charge in [-0.05, 0) is 78.9 Å². The topological polar surface area (TPSA) is 55.1 Å². The number of hydrogen-bond donors (Lipinski definition) is 1. The zero-order chi connectivity index (χ0) is 17.1. The molecular weight excluding hydrogens is 437 g/mol. The molecule has 1 N–H and O–H groups in total. The lowest BCUT2D eigenvalue weighted by atomic mass is 10.2. The van der Waals surface area contributed by atoms with Crippen molar-refractivity contribution in [1.29, 1.82) is 0 Å². The summed E-state index contributed by atoms with van der Waals surface area (Å²) in [6, 6.07) is 13.9. The second-order valence-corrected chi connectivity index (χ2v) is 6.88. The van der Waals surface area contributed by atoms with E-state index in [2.05, 4.69) is 92.1 Å². The smallest absolute Gasteiger partial charge is 0.168 e. The number of aromatic nitrogens is 3. The molecule has 3 aromatic rings. The molecule has 0 aliphatic heterocycles.